The van der Waals surface area contributed by atoms with Crippen LogP contribution in [-0.2, 0) is 5.41 Å². The number of carbonyl (C=O) groups excluding carboxylic acids is 1. The zero-order valence-electron chi connectivity index (χ0n) is 18.9. The standard InChI is InChI=1S/C24H28BrF2N3O3/c1-30-9-8-24(14-4-5-19(32-2)20(10-14)33-3)7-6-16(13-21(24)30)28-23(31)29-22-17(26)11-15(25)12-18(22)27/h4-5,10-12,16,21H,6-9,13H2,1-3H3,(H2,28,29,31)/t16-,21+,24+/m1/s1. The minimum atomic E-state index is -0.830. The van der Waals surface area contributed by atoms with Crippen LogP contribution in [0.1, 0.15) is 31.2 Å². The Morgan fingerprint density at radius 2 is 1.82 bits per heavy atom. The Labute approximate surface area is 200 Å². The molecule has 178 valence electrons. The number of halogens is 3. The average molecular weight is 524 g/mol. The van der Waals surface area contributed by atoms with Gasteiger partial charge in [-0.1, -0.05) is 22.0 Å². The summed E-state index contributed by atoms with van der Waals surface area (Å²) < 4.78 is 39.4. The van der Waals surface area contributed by atoms with Crippen LogP contribution in [0.5, 0.6) is 11.5 Å². The molecule has 2 N–H and O–H groups in total. The summed E-state index contributed by atoms with van der Waals surface area (Å²) in [7, 11) is 5.35. The van der Waals surface area contributed by atoms with Crippen LogP contribution in [0, 0.1) is 11.6 Å². The highest BCUT2D eigenvalue weighted by Crippen LogP contribution is 2.49. The van der Waals surface area contributed by atoms with Gasteiger partial charge in [-0.15, -0.1) is 0 Å². The van der Waals surface area contributed by atoms with Gasteiger partial charge in [-0.2, -0.15) is 0 Å². The number of fused-ring (bicyclic) bond motifs is 1. The number of ether oxygens (including phenoxy) is 2. The molecule has 2 amide bonds. The molecule has 1 aliphatic carbocycles. The molecule has 1 heterocycles. The predicted molar refractivity (Wildman–Crippen MR) is 126 cm³/mol. The van der Waals surface area contributed by atoms with E-state index in [0.717, 1.165) is 44.4 Å². The van der Waals surface area contributed by atoms with Crippen molar-refractivity contribution in [2.45, 2.75) is 43.2 Å². The second-order valence-corrected chi connectivity index (χ2v) is 9.70. The first-order valence-corrected chi connectivity index (χ1v) is 11.7. The van der Waals surface area contributed by atoms with Crippen molar-refractivity contribution in [2.75, 3.05) is 33.1 Å². The second kappa shape index (κ2) is 9.46. The van der Waals surface area contributed by atoms with Crippen LogP contribution in [0.3, 0.4) is 0 Å². The lowest BCUT2D eigenvalue weighted by molar-refractivity contribution is 0.156. The molecule has 2 aromatic rings. The molecule has 4 rings (SSSR count). The number of anilines is 1. The molecule has 1 saturated carbocycles. The molecule has 2 aliphatic rings. The fourth-order valence-corrected chi connectivity index (χ4v) is 5.79. The Morgan fingerprint density at radius 3 is 2.48 bits per heavy atom. The van der Waals surface area contributed by atoms with Crippen molar-refractivity contribution < 1.29 is 23.0 Å². The van der Waals surface area contributed by atoms with Gasteiger partial charge in [0.15, 0.2) is 23.1 Å². The van der Waals surface area contributed by atoms with Gasteiger partial charge < -0.3 is 25.0 Å². The minimum Gasteiger partial charge on any atom is -0.493 e. The smallest absolute Gasteiger partial charge is 0.319 e. The van der Waals surface area contributed by atoms with Gasteiger partial charge in [0.25, 0.3) is 0 Å². The van der Waals surface area contributed by atoms with Crippen LogP contribution >= 0.6 is 15.9 Å². The number of carbonyl (C=O) groups is 1. The van der Waals surface area contributed by atoms with Crippen LogP contribution in [0.4, 0.5) is 19.3 Å². The Balaban J connectivity index is 1.49. The number of benzene rings is 2. The molecule has 0 unspecified atom stereocenters. The van der Waals surface area contributed by atoms with Crippen LogP contribution in [0.15, 0.2) is 34.8 Å². The number of hydrogen-bond acceptors (Lipinski definition) is 4. The first kappa shape index (κ1) is 23.8. The van der Waals surface area contributed by atoms with Gasteiger partial charge in [-0.05, 0) is 69.1 Å². The van der Waals surface area contributed by atoms with E-state index in [1.54, 1.807) is 14.2 Å². The molecule has 0 bridgehead atoms. The fourth-order valence-electron chi connectivity index (χ4n) is 5.39. The highest BCUT2D eigenvalue weighted by atomic mass is 79.9. The van der Waals surface area contributed by atoms with Gasteiger partial charge >= 0.3 is 6.03 Å². The number of nitrogens with zero attached hydrogens (tertiary/aromatic N) is 1. The molecule has 3 atom stereocenters. The Kier molecular flexibility index (Phi) is 6.81. The van der Waals surface area contributed by atoms with E-state index in [1.807, 2.05) is 6.07 Å². The summed E-state index contributed by atoms with van der Waals surface area (Å²) in [5.74, 6) is -0.261. The van der Waals surface area contributed by atoms with Crippen LogP contribution in [-0.4, -0.2) is 50.8 Å². The first-order valence-electron chi connectivity index (χ1n) is 10.9. The number of hydrogen-bond donors (Lipinski definition) is 2. The lowest BCUT2D eigenvalue weighted by atomic mass is 9.65. The Hall–Kier alpha value is -2.39. The highest BCUT2D eigenvalue weighted by Gasteiger charge is 2.50. The zero-order valence-corrected chi connectivity index (χ0v) is 20.5. The van der Waals surface area contributed by atoms with Gasteiger partial charge in [0, 0.05) is 22.0 Å². The number of amides is 2. The normalized spacial score (nSPS) is 24.8. The number of likely N-dealkylation sites (tertiary alicyclic amines) is 1. The maximum Gasteiger partial charge on any atom is 0.319 e. The summed E-state index contributed by atoms with van der Waals surface area (Å²) in [5.41, 5.74) is 0.702. The number of urea groups is 1. The molecule has 1 aliphatic heterocycles. The van der Waals surface area contributed by atoms with E-state index in [0.29, 0.717) is 11.5 Å². The molecule has 33 heavy (non-hydrogen) atoms. The van der Waals surface area contributed by atoms with Crippen molar-refractivity contribution in [3.63, 3.8) is 0 Å². The first-order chi connectivity index (χ1) is 15.8. The van der Waals surface area contributed by atoms with Crippen molar-refractivity contribution in [2.24, 2.45) is 0 Å². The van der Waals surface area contributed by atoms with E-state index < -0.39 is 23.4 Å². The van der Waals surface area contributed by atoms with Gasteiger partial charge in [-0.3, -0.25) is 0 Å². The lowest BCUT2D eigenvalue weighted by Crippen LogP contribution is -2.52. The van der Waals surface area contributed by atoms with Gasteiger partial charge in [0.2, 0.25) is 0 Å². The molecule has 9 heteroatoms. The maximum atomic E-state index is 14.1. The molecular formula is C24H28BrF2N3O3. The Bertz CT molecular complexity index is 1030. The largest absolute Gasteiger partial charge is 0.493 e. The molecule has 2 fully saturated rings. The molecular weight excluding hydrogens is 496 g/mol. The van der Waals surface area contributed by atoms with Crippen LogP contribution in [0.2, 0.25) is 0 Å². The molecule has 0 aromatic heterocycles. The Morgan fingerprint density at radius 1 is 1.12 bits per heavy atom. The zero-order chi connectivity index (χ0) is 23.8. The van der Waals surface area contributed by atoms with Crippen LogP contribution < -0.4 is 20.1 Å². The van der Waals surface area contributed by atoms with Crippen molar-refractivity contribution in [1.82, 2.24) is 10.2 Å². The molecule has 0 spiro atoms. The number of rotatable bonds is 5. The molecule has 0 radical (unpaired) electrons. The average Bonchev–Trinajstić information content (AvgIpc) is 3.13. The molecule has 2 aromatic carbocycles. The van der Waals surface area contributed by atoms with Crippen molar-refractivity contribution in [3.05, 3.63) is 52.0 Å². The maximum absolute atomic E-state index is 14.1. The lowest BCUT2D eigenvalue weighted by Gasteiger charge is -2.45. The van der Waals surface area contributed by atoms with Crippen molar-refractivity contribution in [3.8, 4) is 11.5 Å². The quantitative estimate of drug-likeness (QED) is 0.574. The van der Waals surface area contributed by atoms with E-state index in [1.165, 1.54) is 5.56 Å². The van der Waals surface area contributed by atoms with E-state index >= 15 is 0 Å². The van der Waals surface area contributed by atoms with Crippen LogP contribution in [0.25, 0.3) is 0 Å². The second-order valence-electron chi connectivity index (χ2n) is 8.79. The monoisotopic (exact) mass is 523 g/mol. The van der Waals surface area contributed by atoms with E-state index in [4.69, 9.17) is 9.47 Å². The van der Waals surface area contributed by atoms with E-state index in [-0.39, 0.29) is 22.0 Å². The number of likely N-dealkylation sites (N-methyl/N-ethyl adjacent to an activating group) is 1. The summed E-state index contributed by atoms with van der Waals surface area (Å²) in [4.78, 5) is 14.9. The van der Waals surface area contributed by atoms with Gasteiger partial charge in [-0.25, -0.2) is 13.6 Å². The van der Waals surface area contributed by atoms with Gasteiger partial charge in [0.1, 0.15) is 5.69 Å². The van der Waals surface area contributed by atoms with Crippen molar-refractivity contribution >= 4 is 27.6 Å². The highest BCUT2D eigenvalue weighted by molar-refractivity contribution is 9.10. The fraction of sp³-hybridized carbons (Fsp3) is 0.458. The van der Waals surface area contributed by atoms with Crippen molar-refractivity contribution in [1.29, 1.82) is 0 Å². The summed E-state index contributed by atoms with van der Waals surface area (Å²) >= 11 is 3.04. The SMILES string of the molecule is COc1ccc([C@@]23CC[C@@H](NC(=O)Nc4c(F)cc(Br)cc4F)C[C@@H]2N(C)CC3)cc1OC. The topological polar surface area (TPSA) is 62.8 Å². The summed E-state index contributed by atoms with van der Waals surface area (Å²) in [6, 6.07) is 7.84. The summed E-state index contributed by atoms with van der Waals surface area (Å²) in [6.07, 6.45) is 3.39. The van der Waals surface area contributed by atoms with E-state index in [9.17, 15) is 13.6 Å². The van der Waals surface area contributed by atoms with E-state index in [2.05, 4.69) is 50.6 Å². The summed E-state index contributed by atoms with van der Waals surface area (Å²) in [5, 5.41) is 5.24. The predicted octanol–water partition coefficient (Wildman–Crippen LogP) is 5.06. The van der Waals surface area contributed by atoms with Gasteiger partial charge in [0.05, 0.1) is 14.2 Å². The third-order valence-corrected chi connectivity index (χ3v) is 7.52. The third-order valence-electron chi connectivity index (χ3n) is 7.07. The number of nitrogens with one attached hydrogen (secondary N) is 2. The number of methoxy groups -OCH3 is 2. The molecule has 1 saturated heterocycles. The summed E-state index contributed by atoms with van der Waals surface area (Å²) in [6.45, 7) is 0.952. The molecule has 6 nitrogen and oxygen atoms in total. The minimum absolute atomic E-state index is 0.0487. The third kappa shape index (κ3) is 4.53.